The fourth-order valence-electron chi connectivity index (χ4n) is 0.359. The molecule has 0 atom stereocenters. The van der Waals surface area contributed by atoms with E-state index in [9.17, 15) is 16.8 Å². The van der Waals surface area contributed by atoms with Crippen LogP contribution in [0.25, 0.3) is 0 Å². The van der Waals surface area contributed by atoms with E-state index >= 15 is 0 Å². The van der Waals surface area contributed by atoms with Gasteiger partial charge in [-0.3, -0.25) is 9.11 Å². The van der Waals surface area contributed by atoms with Gasteiger partial charge in [0.2, 0.25) is 0 Å². The Morgan fingerprint density at radius 3 is 1.57 bits per heavy atom. The first-order valence-corrected chi connectivity index (χ1v) is 5.35. The number of hydrogen-bond acceptors (Lipinski definition) is 5. The smallest absolute Gasteiger partial charge is 0.272 e. The standard InChI is InChI=1S/C2H7NO7S2.2Na/c1-2-3(11(4,5)6)10-12(7,8)9;;/h2H2,1H3,(H,4,5,6)(H,7,8,9);;. The summed E-state index contributed by atoms with van der Waals surface area (Å²) in [6.07, 6.45) is 0. The van der Waals surface area contributed by atoms with Gasteiger partial charge in [0, 0.05) is 65.7 Å². The number of rotatable bonds is 4. The molecule has 14 heavy (non-hydrogen) atoms. The van der Waals surface area contributed by atoms with Gasteiger partial charge >= 0.3 is 20.7 Å². The average Bonchev–Trinajstić information content (AvgIpc) is 1.78. The molecular formula is C2H7NNa2O7S2. The van der Waals surface area contributed by atoms with Gasteiger partial charge in [-0.05, 0) is 11.4 Å². The van der Waals surface area contributed by atoms with Crippen molar-refractivity contribution in [1.29, 1.82) is 0 Å². The van der Waals surface area contributed by atoms with Crippen LogP contribution in [0.5, 0.6) is 0 Å². The van der Waals surface area contributed by atoms with Gasteiger partial charge in [0.25, 0.3) is 0 Å². The molecule has 2 N–H and O–H groups in total. The third kappa shape index (κ3) is 10.3. The van der Waals surface area contributed by atoms with E-state index < -0.39 is 27.2 Å². The zero-order valence-electron chi connectivity index (χ0n) is 7.91. The molecule has 12 heteroatoms. The third-order valence-corrected chi connectivity index (χ3v) is 2.00. The van der Waals surface area contributed by atoms with Crippen molar-refractivity contribution in [1.82, 2.24) is 4.47 Å². The average molecular weight is 267 g/mol. The monoisotopic (exact) mass is 267 g/mol. The van der Waals surface area contributed by atoms with Crippen LogP contribution in [-0.4, -0.2) is 96.1 Å². The molecule has 0 aromatic rings. The second-order valence-corrected chi connectivity index (χ2v) is 3.91. The van der Waals surface area contributed by atoms with Crippen molar-refractivity contribution in [3.63, 3.8) is 0 Å². The normalized spacial score (nSPS) is 11.7. The van der Waals surface area contributed by atoms with Gasteiger partial charge in [-0.25, -0.2) is 0 Å². The summed E-state index contributed by atoms with van der Waals surface area (Å²) in [5.41, 5.74) is 0. The van der Waals surface area contributed by atoms with Gasteiger partial charge in [0.1, 0.15) is 0 Å². The van der Waals surface area contributed by atoms with Gasteiger partial charge in [-0.2, -0.15) is 16.8 Å². The summed E-state index contributed by atoms with van der Waals surface area (Å²) < 4.78 is 59.8. The molecule has 0 spiro atoms. The number of hydroxylamine groups is 1. The molecule has 8 nitrogen and oxygen atoms in total. The number of hydrogen-bond donors (Lipinski definition) is 2. The predicted octanol–water partition coefficient (Wildman–Crippen LogP) is -1.92. The van der Waals surface area contributed by atoms with E-state index in [1.54, 1.807) is 0 Å². The fourth-order valence-corrected chi connectivity index (χ4v) is 1.54. The van der Waals surface area contributed by atoms with Gasteiger partial charge in [0.05, 0.1) is 0 Å². The summed E-state index contributed by atoms with van der Waals surface area (Å²) >= 11 is 0. The van der Waals surface area contributed by atoms with Crippen molar-refractivity contribution in [3.8, 4) is 0 Å². The van der Waals surface area contributed by atoms with E-state index in [1.165, 1.54) is 6.92 Å². The second kappa shape index (κ2) is 7.92. The predicted molar refractivity (Wildman–Crippen MR) is 48.1 cm³/mol. The van der Waals surface area contributed by atoms with Crippen LogP contribution in [-0.2, 0) is 25.0 Å². The van der Waals surface area contributed by atoms with E-state index in [0.717, 1.165) is 0 Å². The molecule has 0 aliphatic carbocycles. The summed E-state index contributed by atoms with van der Waals surface area (Å²) in [5, 5.41) is 0. The Morgan fingerprint density at radius 2 is 1.50 bits per heavy atom. The number of nitrogens with zero attached hydrogens (tertiary/aromatic N) is 1. The first kappa shape index (κ1) is 21.1. The maximum atomic E-state index is 10.2. The van der Waals surface area contributed by atoms with Crippen molar-refractivity contribution >= 4 is 79.8 Å². The largest absolute Gasteiger partial charge is 0.414 e. The second-order valence-electron chi connectivity index (χ2n) is 1.60. The zero-order valence-corrected chi connectivity index (χ0v) is 13.5. The van der Waals surface area contributed by atoms with Crippen molar-refractivity contribution in [2.45, 2.75) is 6.92 Å². The van der Waals surface area contributed by atoms with Crippen molar-refractivity contribution in [2.24, 2.45) is 0 Å². The fraction of sp³-hybridized carbons (Fsp3) is 1.00. The molecular weight excluding hydrogens is 260 g/mol. The summed E-state index contributed by atoms with van der Waals surface area (Å²) in [6, 6.07) is 0. The van der Waals surface area contributed by atoms with Crippen LogP contribution in [0.4, 0.5) is 0 Å². The molecule has 0 saturated carbocycles. The maximum absolute atomic E-state index is 10.2. The minimum Gasteiger partial charge on any atom is -0.272 e. The molecule has 0 aliphatic heterocycles. The molecule has 0 aromatic carbocycles. The van der Waals surface area contributed by atoms with Crippen LogP contribution in [0, 0.1) is 0 Å². The molecule has 76 valence electrons. The van der Waals surface area contributed by atoms with E-state index in [1.807, 2.05) is 0 Å². The molecule has 2 radical (unpaired) electrons. The minimum absolute atomic E-state index is 0. The molecule has 0 heterocycles. The third-order valence-electron chi connectivity index (χ3n) is 0.693. The van der Waals surface area contributed by atoms with Crippen molar-refractivity contribution in [3.05, 3.63) is 0 Å². The van der Waals surface area contributed by atoms with Crippen LogP contribution in [0.15, 0.2) is 0 Å². The van der Waals surface area contributed by atoms with Crippen molar-refractivity contribution in [2.75, 3.05) is 6.54 Å². The molecule has 0 aliphatic rings. The Kier molecular flexibility index (Phi) is 11.9. The Labute approximate surface area is 126 Å². The quantitative estimate of drug-likeness (QED) is 0.346. The van der Waals surface area contributed by atoms with Crippen LogP contribution >= 0.6 is 0 Å². The summed E-state index contributed by atoms with van der Waals surface area (Å²) in [5.74, 6) is 0. The van der Waals surface area contributed by atoms with Crippen LogP contribution in [0.1, 0.15) is 6.92 Å². The summed E-state index contributed by atoms with van der Waals surface area (Å²) in [4.78, 5) is 0. The Bertz CT molecular complexity index is 335. The van der Waals surface area contributed by atoms with E-state index in [4.69, 9.17) is 9.11 Å². The van der Waals surface area contributed by atoms with Crippen LogP contribution in [0.3, 0.4) is 0 Å². The topological polar surface area (TPSA) is 121 Å². The minimum atomic E-state index is -4.93. The van der Waals surface area contributed by atoms with E-state index in [2.05, 4.69) is 4.28 Å². The van der Waals surface area contributed by atoms with E-state index in [-0.39, 0.29) is 63.6 Å². The molecule has 0 fully saturated rings. The van der Waals surface area contributed by atoms with Gasteiger partial charge in [0.15, 0.2) is 0 Å². The van der Waals surface area contributed by atoms with Crippen LogP contribution in [0.2, 0.25) is 0 Å². The first-order valence-electron chi connectivity index (χ1n) is 2.59. The Hall–Kier alpha value is 1.74. The molecule has 0 rings (SSSR count). The molecule has 0 amide bonds. The van der Waals surface area contributed by atoms with Gasteiger partial charge in [-0.15, -0.1) is 4.28 Å². The van der Waals surface area contributed by atoms with Gasteiger partial charge in [-0.1, -0.05) is 0 Å². The Balaban J connectivity index is -0.000000605. The Morgan fingerprint density at radius 1 is 1.14 bits per heavy atom. The molecule has 0 bridgehead atoms. The summed E-state index contributed by atoms with van der Waals surface area (Å²) in [7, 11) is -9.71. The maximum Gasteiger partial charge on any atom is 0.414 e. The summed E-state index contributed by atoms with van der Waals surface area (Å²) in [6.45, 7) is 0.734. The van der Waals surface area contributed by atoms with Crippen LogP contribution < -0.4 is 0 Å². The molecule has 0 unspecified atom stereocenters. The molecule has 0 aromatic heterocycles. The van der Waals surface area contributed by atoms with E-state index in [0.29, 0.717) is 0 Å². The SMILES string of the molecule is CCN(OS(=O)(=O)O)S(=O)(=O)O.[Na].[Na]. The van der Waals surface area contributed by atoms with Crippen molar-refractivity contribution < 1.29 is 30.2 Å². The molecule has 0 saturated heterocycles. The van der Waals surface area contributed by atoms with Gasteiger partial charge < -0.3 is 0 Å². The zero-order chi connectivity index (χ0) is 9.99. The first-order chi connectivity index (χ1) is 5.17.